The number of aliphatic hydroxyl groups is 1. The largest absolute Gasteiger partial charge is 0.395 e. The molecule has 60 valence electrons. The summed E-state index contributed by atoms with van der Waals surface area (Å²) < 4.78 is 0. The molecule has 1 aliphatic carbocycles. The molecule has 0 spiro atoms. The van der Waals surface area contributed by atoms with E-state index in [0.29, 0.717) is 6.54 Å². The maximum atomic E-state index is 11.3. The first-order valence-corrected chi connectivity index (χ1v) is 3.92. The van der Waals surface area contributed by atoms with E-state index in [0.717, 1.165) is 6.42 Å². The van der Waals surface area contributed by atoms with Gasteiger partial charge in [0.2, 0.25) is 5.91 Å². The zero-order chi connectivity index (χ0) is 7.84. The number of aliphatic hydroxyl groups excluding tert-OH is 1. The van der Waals surface area contributed by atoms with Crippen LogP contribution in [0.4, 0.5) is 0 Å². The van der Waals surface area contributed by atoms with Gasteiger partial charge in [-0.2, -0.15) is 0 Å². The van der Waals surface area contributed by atoms with Crippen LogP contribution in [-0.4, -0.2) is 35.1 Å². The molecular formula is C8H11NO2. The van der Waals surface area contributed by atoms with Crippen molar-refractivity contribution in [1.29, 1.82) is 0 Å². The average Bonchev–Trinajstić information content (AvgIpc) is 2.54. The summed E-state index contributed by atoms with van der Waals surface area (Å²) in [4.78, 5) is 13.1. The zero-order valence-electron chi connectivity index (χ0n) is 6.23. The molecule has 0 aromatic carbocycles. The Labute approximate surface area is 65.3 Å². The van der Waals surface area contributed by atoms with Crippen LogP contribution in [0.3, 0.4) is 0 Å². The minimum Gasteiger partial charge on any atom is -0.395 e. The number of fused-ring (bicyclic) bond motifs is 2. The molecule has 0 saturated carbocycles. The SMILES string of the molecule is O=C1[C@@H]2C=CC(C2)N1CCO. The number of nitrogens with zero attached hydrogens (tertiary/aromatic N) is 1. The van der Waals surface area contributed by atoms with Crippen molar-refractivity contribution in [2.75, 3.05) is 13.2 Å². The Morgan fingerprint density at radius 2 is 2.45 bits per heavy atom. The molecule has 1 saturated heterocycles. The van der Waals surface area contributed by atoms with Crippen LogP contribution >= 0.6 is 0 Å². The fourth-order valence-electron chi connectivity index (χ4n) is 1.85. The lowest BCUT2D eigenvalue weighted by Crippen LogP contribution is -2.36. The predicted molar refractivity (Wildman–Crippen MR) is 39.8 cm³/mol. The van der Waals surface area contributed by atoms with Crippen LogP contribution in [0.15, 0.2) is 12.2 Å². The summed E-state index contributed by atoms with van der Waals surface area (Å²) in [6, 6.07) is 0.277. The lowest BCUT2D eigenvalue weighted by Gasteiger charge is -2.22. The van der Waals surface area contributed by atoms with Gasteiger partial charge in [-0.1, -0.05) is 12.2 Å². The molecule has 0 aromatic heterocycles. The molecule has 2 atom stereocenters. The van der Waals surface area contributed by atoms with Crippen LogP contribution in [0.5, 0.6) is 0 Å². The molecule has 1 fully saturated rings. The molecule has 2 rings (SSSR count). The molecule has 3 heteroatoms. The number of hydrogen-bond donors (Lipinski definition) is 1. The lowest BCUT2D eigenvalue weighted by molar-refractivity contribution is -0.131. The second-order valence-corrected chi connectivity index (χ2v) is 3.05. The van der Waals surface area contributed by atoms with Crippen molar-refractivity contribution in [2.24, 2.45) is 5.92 Å². The Kier molecular flexibility index (Phi) is 1.46. The summed E-state index contributed by atoms with van der Waals surface area (Å²) in [5.41, 5.74) is 0. The van der Waals surface area contributed by atoms with E-state index in [4.69, 9.17) is 5.11 Å². The maximum Gasteiger partial charge on any atom is 0.230 e. The zero-order valence-corrected chi connectivity index (χ0v) is 6.23. The molecule has 1 aliphatic heterocycles. The van der Waals surface area contributed by atoms with Gasteiger partial charge in [0.1, 0.15) is 0 Å². The standard InChI is InChI=1S/C8H11NO2/c10-4-3-9-7-2-1-6(5-7)8(9)11/h1-2,6-7,10H,3-5H2/t6-,7?/m1/s1. The van der Waals surface area contributed by atoms with Gasteiger partial charge in [0, 0.05) is 6.54 Å². The van der Waals surface area contributed by atoms with Crippen LogP contribution in [0, 0.1) is 5.92 Å². The summed E-state index contributed by atoms with van der Waals surface area (Å²) in [6.07, 6.45) is 4.96. The molecule has 1 unspecified atom stereocenters. The molecule has 2 aliphatic rings. The smallest absolute Gasteiger partial charge is 0.230 e. The monoisotopic (exact) mass is 153 g/mol. The van der Waals surface area contributed by atoms with Gasteiger partial charge in [0.15, 0.2) is 0 Å². The van der Waals surface area contributed by atoms with Gasteiger partial charge in [-0.05, 0) is 6.42 Å². The van der Waals surface area contributed by atoms with E-state index in [9.17, 15) is 4.79 Å². The molecular weight excluding hydrogens is 142 g/mol. The van der Waals surface area contributed by atoms with E-state index < -0.39 is 0 Å². The topological polar surface area (TPSA) is 40.5 Å². The van der Waals surface area contributed by atoms with Gasteiger partial charge in [0.25, 0.3) is 0 Å². The maximum absolute atomic E-state index is 11.3. The number of amides is 1. The van der Waals surface area contributed by atoms with E-state index in [2.05, 4.69) is 6.08 Å². The van der Waals surface area contributed by atoms with Crippen LogP contribution < -0.4 is 0 Å². The second-order valence-electron chi connectivity index (χ2n) is 3.05. The Morgan fingerprint density at radius 1 is 1.64 bits per heavy atom. The molecule has 1 N–H and O–H groups in total. The Hall–Kier alpha value is -0.830. The van der Waals surface area contributed by atoms with Crippen LogP contribution in [0.25, 0.3) is 0 Å². The normalized spacial score (nSPS) is 33.9. The molecule has 1 amide bonds. The Morgan fingerprint density at radius 3 is 3.00 bits per heavy atom. The summed E-state index contributed by atoms with van der Waals surface area (Å²) >= 11 is 0. The van der Waals surface area contributed by atoms with E-state index in [1.165, 1.54) is 0 Å². The van der Waals surface area contributed by atoms with Gasteiger partial charge in [-0.15, -0.1) is 0 Å². The van der Waals surface area contributed by atoms with Crippen LogP contribution in [-0.2, 0) is 4.79 Å². The minimum atomic E-state index is 0.0722. The third-order valence-corrected chi connectivity index (χ3v) is 2.40. The first-order valence-electron chi connectivity index (χ1n) is 3.92. The number of β-amino-alcohol motifs (C(OH)–C–C–N with tert-alkyl or cyclic N) is 1. The van der Waals surface area contributed by atoms with Crippen molar-refractivity contribution in [2.45, 2.75) is 12.5 Å². The number of rotatable bonds is 2. The molecule has 2 bridgehead atoms. The van der Waals surface area contributed by atoms with Crippen molar-refractivity contribution < 1.29 is 9.90 Å². The van der Waals surface area contributed by atoms with E-state index in [-0.39, 0.29) is 24.5 Å². The second kappa shape index (κ2) is 2.34. The van der Waals surface area contributed by atoms with Gasteiger partial charge in [-0.3, -0.25) is 4.79 Å². The number of carbonyl (C=O) groups excluding carboxylic acids is 1. The quantitative estimate of drug-likeness (QED) is 0.556. The predicted octanol–water partition coefficient (Wildman–Crippen LogP) is -0.234. The van der Waals surface area contributed by atoms with Crippen molar-refractivity contribution in [3.63, 3.8) is 0 Å². The van der Waals surface area contributed by atoms with Crippen LogP contribution in [0.2, 0.25) is 0 Å². The molecule has 11 heavy (non-hydrogen) atoms. The Balaban J connectivity index is 2.12. The van der Waals surface area contributed by atoms with Gasteiger partial charge in [0.05, 0.1) is 18.6 Å². The molecule has 0 radical (unpaired) electrons. The number of carbonyl (C=O) groups is 1. The fourth-order valence-corrected chi connectivity index (χ4v) is 1.85. The van der Waals surface area contributed by atoms with Crippen molar-refractivity contribution in [1.82, 2.24) is 4.90 Å². The number of likely N-dealkylation sites (tertiary alicyclic amines) is 1. The first-order chi connectivity index (χ1) is 5.33. The summed E-state index contributed by atoms with van der Waals surface area (Å²) in [7, 11) is 0. The number of hydrogen-bond acceptors (Lipinski definition) is 2. The Bertz CT molecular complexity index is 212. The minimum absolute atomic E-state index is 0.0722. The third-order valence-electron chi connectivity index (χ3n) is 2.40. The average molecular weight is 153 g/mol. The van der Waals surface area contributed by atoms with Crippen molar-refractivity contribution >= 4 is 5.91 Å². The van der Waals surface area contributed by atoms with Gasteiger partial charge in [-0.25, -0.2) is 0 Å². The highest BCUT2D eigenvalue weighted by Crippen LogP contribution is 2.32. The van der Waals surface area contributed by atoms with Gasteiger partial charge < -0.3 is 10.0 Å². The summed E-state index contributed by atoms with van der Waals surface area (Å²) in [5, 5.41) is 8.65. The van der Waals surface area contributed by atoms with Crippen LogP contribution in [0.1, 0.15) is 6.42 Å². The van der Waals surface area contributed by atoms with E-state index in [1.807, 2.05) is 6.08 Å². The molecule has 0 aromatic rings. The summed E-state index contributed by atoms with van der Waals surface area (Å²) in [5.74, 6) is 0.304. The van der Waals surface area contributed by atoms with Crippen molar-refractivity contribution in [3.05, 3.63) is 12.2 Å². The van der Waals surface area contributed by atoms with Crippen molar-refractivity contribution in [3.8, 4) is 0 Å². The highest BCUT2D eigenvalue weighted by molar-refractivity contribution is 5.85. The molecule has 1 heterocycles. The van der Waals surface area contributed by atoms with E-state index in [1.54, 1.807) is 4.90 Å². The van der Waals surface area contributed by atoms with Gasteiger partial charge >= 0.3 is 0 Å². The third kappa shape index (κ3) is 0.878. The van der Waals surface area contributed by atoms with E-state index >= 15 is 0 Å². The highest BCUT2D eigenvalue weighted by Gasteiger charge is 2.40. The molecule has 3 nitrogen and oxygen atoms in total. The highest BCUT2D eigenvalue weighted by atomic mass is 16.3. The fraction of sp³-hybridized carbons (Fsp3) is 0.625. The lowest BCUT2D eigenvalue weighted by atomic mass is 10.1. The first kappa shape index (κ1) is 6.85. The summed E-state index contributed by atoms with van der Waals surface area (Å²) in [6.45, 7) is 0.563.